The summed E-state index contributed by atoms with van der Waals surface area (Å²) in [6, 6.07) is 25.6. The molecule has 0 atom stereocenters. The molecule has 0 heterocycles. The Morgan fingerprint density at radius 1 is 0.348 bits per heavy atom. The summed E-state index contributed by atoms with van der Waals surface area (Å²) in [6.45, 7) is 1.44. The maximum atomic E-state index is 9.93. The van der Waals surface area contributed by atoms with Crippen molar-refractivity contribution < 1.29 is 10.0 Å². The first kappa shape index (κ1) is 56.3. The zero-order valence-electron chi connectivity index (χ0n) is 42.6. The van der Waals surface area contributed by atoms with Gasteiger partial charge in [0, 0.05) is 13.1 Å². The van der Waals surface area contributed by atoms with E-state index in [1.54, 1.807) is 6.07 Å². The second-order valence-corrected chi connectivity index (χ2v) is 20.9. The van der Waals surface area contributed by atoms with Gasteiger partial charge in [-0.15, -0.1) is 0 Å². The molecule has 0 aliphatic rings. The van der Waals surface area contributed by atoms with E-state index in [-0.39, 0.29) is 0 Å². The Kier molecular flexibility index (Phi) is 32.0. The van der Waals surface area contributed by atoms with Gasteiger partial charge in [-0.1, -0.05) is 291 Å². The number of thiol groups is 1. The number of unbranched alkanes of at least 4 members (excludes halogenated alkanes) is 35. The van der Waals surface area contributed by atoms with Crippen LogP contribution in [0, 0.1) is 0 Å². The molecule has 4 aromatic carbocycles. The van der Waals surface area contributed by atoms with Crippen molar-refractivity contribution in [2.75, 3.05) is 12.8 Å². The quantitative estimate of drug-likeness (QED) is 0.0179. The van der Waals surface area contributed by atoms with Crippen molar-refractivity contribution in [2.24, 2.45) is 0 Å². The molecule has 0 radical (unpaired) electrons. The van der Waals surface area contributed by atoms with Crippen LogP contribution in [0.1, 0.15) is 248 Å². The summed E-state index contributed by atoms with van der Waals surface area (Å²) in [5, 5.41) is 25.3. The molecule has 0 aliphatic heterocycles. The Hall–Kier alpha value is -2.31. The van der Waals surface area contributed by atoms with E-state index in [9.17, 15) is 10.0 Å². The second kappa shape index (κ2) is 37.6. The smallest absolute Gasteiger partial charge is 0.423 e. The summed E-state index contributed by atoms with van der Waals surface area (Å²) in [5.74, 6) is 1.06. The molecule has 4 aromatic rings. The molecule has 3 nitrogen and oxygen atoms in total. The number of benzene rings is 4. The fraction of sp³-hybridized carbons (Fsp3) is 0.672. The Morgan fingerprint density at radius 2 is 0.621 bits per heavy atom. The summed E-state index contributed by atoms with van der Waals surface area (Å²) >= 11 is 4.30. The molecule has 0 fully saturated rings. The van der Waals surface area contributed by atoms with Crippen LogP contribution in [0.5, 0.6) is 0 Å². The first-order chi connectivity index (χ1) is 32.6. The van der Waals surface area contributed by atoms with Gasteiger partial charge in [-0.3, -0.25) is 4.90 Å². The van der Waals surface area contributed by atoms with Crippen LogP contribution in [0.2, 0.25) is 0 Å². The van der Waals surface area contributed by atoms with Crippen LogP contribution in [-0.4, -0.2) is 34.9 Å². The van der Waals surface area contributed by atoms with Gasteiger partial charge in [0.2, 0.25) is 0 Å². The van der Waals surface area contributed by atoms with Crippen molar-refractivity contribution in [3.05, 3.63) is 89.5 Å². The summed E-state index contributed by atoms with van der Waals surface area (Å²) in [5.41, 5.74) is 4.38. The predicted molar refractivity (Wildman–Crippen MR) is 297 cm³/mol. The third-order valence-electron chi connectivity index (χ3n) is 14.7. The number of aryl methyl sites for hydroxylation is 1. The van der Waals surface area contributed by atoms with Crippen LogP contribution in [0.15, 0.2) is 72.8 Å². The summed E-state index contributed by atoms with van der Waals surface area (Å²) < 4.78 is 0. The number of rotatable bonds is 43. The third-order valence-corrected chi connectivity index (χ3v) is 15.0. The van der Waals surface area contributed by atoms with Crippen molar-refractivity contribution in [1.82, 2.24) is 4.90 Å². The molecule has 0 aromatic heterocycles. The number of nitrogens with zero attached hydrogens (tertiary/aromatic N) is 1. The Labute approximate surface area is 412 Å². The maximum Gasteiger partial charge on any atom is 0.488 e. The molecule has 0 unspecified atom stereocenters. The summed E-state index contributed by atoms with van der Waals surface area (Å²) in [6.07, 6.45) is 52.8. The van der Waals surface area contributed by atoms with Crippen LogP contribution in [0.4, 0.5) is 0 Å². The second-order valence-electron chi connectivity index (χ2n) is 20.5. The number of hydrogen-bond donors (Lipinski definition) is 3. The highest BCUT2D eigenvalue weighted by atomic mass is 32.1. The van der Waals surface area contributed by atoms with E-state index < -0.39 is 7.12 Å². The molecule has 0 aliphatic carbocycles. The van der Waals surface area contributed by atoms with E-state index >= 15 is 0 Å². The topological polar surface area (TPSA) is 43.7 Å². The van der Waals surface area contributed by atoms with Gasteiger partial charge in [0.05, 0.1) is 0 Å². The lowest BCUT2D eigenvalue weighted by Gasteiger charge is -2.23. The van der Waals surface area contributed by atoms with E-state index in [0.717, 1.165) is 24.3 Å². The number of hydrogen-bond acceptors (Lipinski definition) is 4. The summed E-state index contributed by atoms with van der Waals surface area (Å²) in [7, 11) is 0.668. The van der Waals surface area contributed by atoms with Gasteiger partial charge < -0.3 is 10.0 Å². The van der Waals surface area contributed by atoms with E-state index in [1.807, 2.05) is 18.2 Å². The van der Waals surface area contributed by atoms with Crippen LogP contribution >= 0.6 is 12.6 Å². The van der Waals surface area contributed by atoms with Gasteiger partial charge >= 0.3 is 7.12 Å². The van der Waals surface area contributed by atoms with E-state index in [0.29, 0.717) is 12.0 Å². The van der Waals surface area contributed by atoms with Crippen molar-refractivity contribution in [2.45, 2.75) is 251 Å². The minimum atomic E-state index is -1.46. The molecule has 0 saturated carbocycles. The lowest BCUT2D eigenvalue weighted by atomic mass is 9.77. The Balaban J connectivity index is 0.911. The van der Waals surface area contributed by atoms with E-state index in [1.165, 1.54) is 264 Å². The highest BCUT2D eigenvalue weighted by Gasteiger charge is 2.18. The van der Waals surface area contributed by atoms with Crippen LogP contribution in [-0.2, 0) is 19.5 Å². The lowest BCUT2D eigenvalue weighted by molar-refractivity contribution is 0.321. The van der Waals surface area contributed by atoms with Gasteiger partial charge in [-0.25, -0.2) is 0 Å². The van der Waals surface area contributed by atoms with Gasteiger partial charge in [0.25, 0.3) is 0 Å². The van der Waals surface area contributed by atoms with Gasteiger partial charge in [-0.05, 0) is 75.8 Å². The third kappa shape index (κ3) is 23.8. The monoisotopic (exact) mass is 920 g/mol. The normalized spacial score (nSPS) is 11.8. The Morgan fingerprint density at radius 3 is 0.939 bits per heavy atom. The van der Waals surface area contributed by atoms with E-state index in [2.05, 4.69) is 73.1 Å². The fourth-order valence-electron chi connectivity index (χ4n) is 10.7. The Bertz CT molecular complexity index is 1720. The standard InChI is InChI=1S/C61H98BNO2S/c1-63(52-54-44-37-42-50-61(54)62(64)65)53-60-58-48-40-38-46-56(58)55(57-47-39-41-49-59(57)60)45-36-34-32-30-28-26-24-22-20-18-16-14-12-10-8-6-4-2-3-5-7-9-11-13-15-17-19-21-23-25-27-29-31-33-35-43-51-66/h37-42,44,46-50,64-66H,2-36,43,45,51-53H2,1H3. The highest BCUT2D eigenvalue weighted by Crippen LogP contribution is 2.35. The zero-order valence-corrected chi connectivity index (χ0v) is 43.5. The van der Waals surface area contributed by atoms with Gasteiger partial charge in [0.1, 0.15) is 0 Å². The molecule has 5 heteroatoms. The average molecular weight is 920 g/mol. The molecule has 368 valence electrons. The molecular weight excluding hydrogens is 822 g/mol. The fourth-order valence-corrected chi connectivity index (χ4v) is 10.9. The molecule has 0 saturated heterocycles. The lowest BCUT2D eigenvalue weighted by Crippen LogP contribution is -2.35. The van der Waals surface area contributed by atoms with Crippen LogP contribution in [0.25, 0.3) is 21.5 Å². The largest absolute Gasteiger partial charge is 0.488 e. The predicted octanol–water partition coefficient (Wildman–Crippen LogP) is 17.8. The first-order valence-electron chi connectivity index (χ1n) is 28.2. The van der Waals surface area contributed by atoms with Gasteiger partial charge in [0.15, 0.2) is 0 Å². The molecule has 66 heavy (non-hydrogen) atoms. The number of fused-ring (bicyclic) bond motifs is 2. The van der Waals surface area contributed by atoms with Crippen LogP contribution in [0.3, 0.4) is 0 Å². The van der Waals surface area contributed by atoms with Crippen molar-refractivity contribution in [1.29, 1.82) is 0 Å². The zero-order chi connectivity index (χ0) is 46.5. The molecule has 0 bridgehead atoms. The average Bonchev–Trinajstić information content (AvgIpc) is 3.33. The molecule has 2 N–H and O–H groups in total. The summed E-state index contributed by atoms with van der Waals surface area (Å²) in [4.78, 5) is 2.29. The van der Waals surface area contributed by atoms with Crippen molar-refractivity contribution in [3.63, 3.8) is 0 Å². The minimum Gasteiger partial charge on any atom is -0.423 e. The van der Waals surface area contributed by atoms with Crippen molar-refractivity contribution in [3.8, 4) is 0 Å². The van der Waals surface area contributed by atoms with Gasteiger partial charge in [-0.2, -0.15) is 12.6 Å². The first-order valence-corrected chi connectivity index (χ1v) is 28.9. The molecule has 4 rings (SSSR count). The molecule has 0 amide bonds. The maximum absolute atomic E-state index is 9.93. The molecular formula is C61H98BNO2S. The SMILES string of the molecule is CN(Cc1ccccc1B(O)O)Cc1c2ccccc2c(CCCCCCCCCCCCCCCCCCCCCCCCCCCCCCCCCCCCCCS)c2ccccc12. The highest BCUT2D eigenvalue weighted by molar-refractivity contribution is 7.80. The van der Waals surface area contributed by atoms with Crippen LogP contribution < -0.4 is 5.46 Å². The minimum absolute atomic E-state index is 0.580. The van der Waals surface area contributed by atoms with Crippen molar-refractivity contribution >= 4 is 46.8 Å². The molecule has 0 spiro atoms. The van der Waals surface area contributed by atoms with E-state index in [4.69, 9.17) is 0 Å².